The molecule has 0 atom stereocenters. The summed E-state index contributed by atoms with van der Waals surface area (Å²) in [4.78, 5) is 0. The maximum absolute atomic E-state index is 8.81. The van der Waals surface area contributed by atoms with Gasteiger partial charge in [0.1, 0.15) is 11.5 Å². The van der Waals surface area contributed by atoms with Gasteiger partial charge in [0, 0.05) is 17.9 Å². The van der Waals surface area contributed by atoms with Crippen LogP contribution in [-0.4, -0.2) is 30.5 Å². The Bertz CT molecular complexity index is 794. The van der Waals surface area contributed by atoms with E-state index in [0.29, 0.717) is 23.7 Å². The van der Waals surface area contributed by atoms with Crippen LogP contribution in [0.25, 0.3) is 0 Å². The zero-order valence-electron chi connectivity index (χ0n) is 16.3. The third kappa shape index (κ3) is 9.35. The number of rotatable bonds is 4. The molecule has 7 N–H and O–H groups in total. The molecule has 0 amide bonds. The van der Waals surface area contributed by atoms with Gasteiger partial charge in [-0.05, 0) is 55.0 Å². The summed E-state index contributed by atoms with van der Waals surface area (Å²) in [7, 11) is 1.58. The van der Waals surface area contributed by atoms with E-state index in [1.807, 2.05) is 55.5 Å². The lowest BCUT2D eigenvalue weighted by atomic mass is 10.2. The van der Waals surface area contributed by atoms with Gasteiger partial charge in [0.05, 0.1) is 19.4 Å². The van der Waals surface area contributed by atoms with Gasteiger partial charge in [-0.15, -0.1) is 0 Å². The van der Waals surface area contributed by atoms with E-state index < -0.39 is 0 Å². The predicted molar refractivity (Wildman–Crippen MR) is 117 cm³/mol. The van der Waals surface area contributed by atoms with E-state index in [9.17, 15) is 0 Å². The number of aliphatic hydroxyl groups is 1. The van der Waals surface area contributed by atoms with E-state index in [-0.39, 0.29) is 6.61 Å². The minimum absolute atomic E-state index is 0.103. The smallest absolute Gasteiger partial charge is 0.141 e. The SMILES string of the molecule is COc1ccc(NCCO)cc1N.Cc1cccc(O)c1.Nc1ccccc1. The maximum Gasteiger partial charge on any atom is 0.141 e. The highest BCUT2D eigenvalue weighted by atomic mass is 16.5. The number of methoxy groups -OCH3 is 1. The number of ether oxygens (including phenoxy) is 1. The maximum atomic E-state index is 8.81. The molecule has 0 aliphatic rings. The van der Waals surface area contributed by atoms with Crippen molar-refractivity contribution in [3.8, 4) is 11.5 Å². The van der Waals surface area contributed by atoms with Gasteiger partial charge in [0.2, 0.25) is 0 Å². The first kappa shape index (κ1) is 22.7. The molecule has 6 nitrogen and oxygen atoms in total. The lowest BCUT2D eigenvalue weighted by Crippen LogP contribution is -2.05. The molecule has 0 aliphatic carbocycles. The molecule has 0 aromatic heterocycles. The van der Waals surface area contributed by atoms with Crippen LogP contribution < -0.4 is 21.5 Å². The number of phenolic OH excluding ortho intramolecular Hbond substituents is 1. The van der Waals surface area contributed by atoms with E-state index in [0.717, 1.165) is 16.9 Å². The third-order valence-electron chi connectivity index (χ3n) is 3.47. The molecule has 0 spiro atoms. The average molecular weight is 383 g/mol. The molecular formula is C22H29N3O3. The Balaban J connectivity index is 0.000000224. The molecule has 0 unspecified atom stereocenters. The van der Waals surface area contributed by atoms with Gasteiger partial charge in [-0.2, -0.15) is 0 Å². The first-order valence-electron chi connectivity index (χ1n) is 8.80. The van der Waals surface area contributed by atoms with E-state index in [1.165, 1.54) is 0 Å². The fourth-order valence-electron chi connectivity index (χ4n) is 2.13. The summed E-state index contributed by atoms with van der Waals surface area (Å²) in [6.07, 6.45) is 0. The number of hydrogen-bond acceptors (Lipinski definition) is 6. The van der Waals surface area contributed by atoms with Gasteiger partial charge in [0.25, 0.3) is 0 Å². The van der Waals surface area contributed by atoms with Crippen LogP contribution in [0.3, 0.4) is 0 Å². The number of nitrogen functional groups attached to an aromatic ring is 2. The van der Waals surface area contributed by atoms with Crippen molar-refractivity contribution in [2.45, 2.75) is 6.92 Å². The Hall–Kier alpha value is -3.38. The van der Waals surface area contributed by atoms with Gasteiger partial charge < -0.3 is 31.7 Å². The molecule has 3 rings (SSSR count). The fraction of sp³-hybridized carbons (Fsp3) is 0.182. The van der Waals surface area contributed by atoms with Crippen LogP contribution >= 0.6 is 0 Å². The van der Waals surface area contributed by atoms with Crippen LogP contribution in [-0.2, 0) is 0 Å². The van der Waals surface area contributed by atoms with Crippen molar-refractivity contribution in [3.05, 3.63) is 78.4 Å². The zero-order valence-corrected chi connectivity index (χ0v) is 16.3. The second-order valence-corrected chi connectivity index (χ2v) is 5.86. The fourth-order valence-corrected chi connectivity index (χ4v) is 2.13. The van der Waals surface area contributed by atoms with Gasteiger partial charge in [-0.1, -0.05) is 30.3 Å². The Morgan fingerprint density at radius 3 is 2.07 bits per heavy atom. The number of aryl methyl sites for hydroxylation is 1. The number of nitrogens with two attached hydrogens (primary N) is 2. The highest BCUT2D eigenvalue weighted by Crippen LogP contribution is 2.24. The van der Waals surface area contributed by atoms with Crippen LogP contribution in [0.2, 0.25) is 0 Å². The first-order valence-corrected chi connectivity index (χ1v) is 8.80. The molecule has 0 bridgehead atoms. The Kier molecular flexibility index (Phi) is 10.4. The van der Waals surface area contributed by atoms with E-state index in [2.05, 4.69) is 5.32 Å². The molecular weight excluding hydrogens is 354 g/mol. The molecule has 0 heterocycles. The molecule has 3 aromatic rings. The summed E-state index contributed by atoms with van der Waals surface area (Å²) in [6, 6.07) is 22.0. The van der Waals surface area contributed by atoms with Gasteiger partial charge >= 0.3 is 0 Å². The summed E-state index contributed by atoms with van der Waals surface area (Å²) in [5.74, 6) is 1.000. The van der Waals surface area contributed by atoms with Crippen molar-refractivity contribution in [1.82, 2.24) is 0 Å². The number of phenols is 1. The van der Waals surface area contributed by atoms with Crippen LogP contribution in [0.5, 0.6) is 11.5 Å². The topological polar surface area (TPSA) is 114 Å². The quantitative estimate of drug-likeness (QED) is 0.440. The van der Waals surface area contributed by atoms with E-state index in [4.69, 9.17) is 26.4 Å². The number of aliphatic hydroxyl groups excluding tert-OH is 1. The standard InChI is InChI=1S/C9H14N2O2.C7H8O.C6H7N/c1-13-9-3-2-7(6-8(9)10)11-4-5-12;1-6-3-2-4-7(8)5-6;7-6-4-2-1-3-5-6/h2-3,6,11-12H,4-5,10H2,1H3;2-5,8H,1H3;1-5H,7H2. The van der Waals surface area contributed by atoms with Crippen molar-refractivity contribution in [3.63, 3.8) is 0 Å². The number of aromatic hydroxyl groups is 1. The minimum atomic E-state index is 0.103. The highest BCUT2D eigenvalue weighted by molar-refractivity contribution is 5.62. The number of anilines is 3. The van der Waals surface area contributed by atoms with Gasteiger partial charge in [-0.25, -0.2) is 0 Å². The zero-order chi connectivity index (χ0) is 20.8. The highest BCUT2D eigenvalue weighted by Gasteiger charge is 1.99. The summed E-state index contributed by atoms with van der Waals surface area (Å²) in [5.41, 5.74) is 14.4. The molecule has 150 valence electrons. The predicted octanol–water partition coefficient (Wildman–Crippen LogP) is 3.65. The molecule has 0 saturated heterocycles. The normalized spacial score (nSPS) is 9.25. The Morgan fingerprint density at radius 1 is 0.929 bits per heavy atom. The second kappa shape index (κ2) is 12.9. The molecule has 0 radical (unpaired) electrons. The summed E-state index contributed by atoms with van der Waals surface area (Å²) < 4.78 is 5.00. The first-order chi connectivity index (χ1) is 13.5. The Morgan fingerprint density at radius 2 is 1.64 bits per heavy atom. The van der Waals surface area contributed by atoms with Crippen molar-refractivity contribution in [2.24, 2.45) is 0 Å². The van der Waals surface area contributed by atoms with Crippen molar-refractivity contribution < 1.29 is 14.9 Å². The number of nitrogens with one attached hydrogen (secondary N) is 1. The molecule has 3 aromatic carbocycles. The van der Waals surface area contributed by atoms with Crippen LogP contribution in [0.4, 0.5) is 17.1 Å². The summed E-state index contributed by atoms with van der Waals surface area (Å²) in [6.45, 7) is 2.57. The molecule has 0 fully saturated rings. The van der Waals surface area contributed by atoms with Crippen LogP contribution in [0.15, 0.2) is 72.8 Å². The summed E-state index contributed by atoms with van der Waals surface area (Å²) in [5, 5.41) is 20.4. The lowest BCUT2D eigenvalue weighted by Gasteiger charge is -2.08. The second-order valence-electron chi connectivity index (χ2n) is 5.86. The lowest BCUT2D eigenvalue weighted by molar-refractivity contribution is 0.311. The number of para-hydroxylation sites is 1. The van der Waals surface area contributed by atoms with E-state index in [1.54, 1.807) is 31.4 Å². The molecule has 28 heavy (non-hydrogen) atoms. The summed E-state index contributed by atoms with van der Waals surface area (Å²) >= 11 is 0. The van der Waals surface area contributed by atoms with Crippen LogP contribution in [0, 0.1) is 6.92 Å². The number of hydrogen-bond donors (Lipinski definition) is 5. The van der Waals surface area contributed by atoms with Crippen molar-refractivity contribution in [2.75, 3.05) is 37.0 Å². The minimum Gasteiger partial charge on any atom is -0.508 e. The van der Waals surface area contributed by atoms with Gasteiger partial charge in [-0.3, -0.25) is 0 Å². The number of benzene rings is 3. The molecule has 0 saturated carbocycles. The largest absolute Gasteiger partial charge is 0.508 e. The van der Waals surface area contributed by atoms with E-state index >= 15 is 0 Å². The van der Waals surface area contributed by atoms with Gasteiger partial charge in [0.15, 0.2) is 0 Å². The molecule has 0 aliphatic heterocycles. The van der Waals surface area contributed by atoms with Crippen molar-refractivity contribution >= 4 is 17.1 Å². The average Bonchev–Trinajstić information content (AvgIpc) is 2.68. The molecule has 6 heteroatoms. The third-order valence-corrected chi connectivity index (χ3v) is 3.47. The van der Waals surface area contributed by atoms with Crippen LogP contribution in [0.1, 0.15) is 5.56 Å². The Labute approximate surface area is 166 Å². The van der Waals surface area contributed by atoms with Crippen molar-refractivity contribution in [1.29, 1.82) is 0 Å². The monoisotopic (exact) mass is 383 g/mol.